The van der Waals surface area contributed by atoms with E-state index in [1.807, 2.05) is 67.5 Å². The highest BCUT2D eigenvalue weighted by Gasteiger charge is 2.38. The van der Waals surface area contributed by atoms with Crippen LogP contribution in [0.4, 0.5) is 0 Å². The number of aromatic nitrogens is 1. The van der Waals surface area contributed by atoms with Crippen molar-refractivity contribution in [3.63, 3.8) is 0 Å². The molecule has 1 aromatic heterocycles. The Morgan fingerprint density at radius 2 is 1.55 bits per heavy atom. The largest absolute Gasteiger partial charge is 0.343 e. The molecule has 0 saturated heterocycles. The molecule has 0 unspecified atom stereocenters. The molecule has 1 aliphatic rings. The van der Waals surface area contributed by atoms with Gasteiger partial charge >= 0.3 is 0 Å². The highest BCUT2D eigenvalue weighted by Crippen LogP contribution is 2.38. The Bertz CT molecular complexity index is 1360. The summed E-state index contributed by atoms with van der Waals surface area (Å²) in [5.74, 6) is 0.470. The Balaban J connectivity index is 2.24. The zero-order chi connectivity index (χ0) is 28.7. The van der Waals surface area contributed by atoms with Crippen LogP contribution >= 0.6 is 0 Å². The van der Waals surface area contributed by atoms with E-state index in [0.29, 0.717) is 35.0 Å². The quantitative estimate of drug-likeness (QED) is 0.392. The summed E-state index contributed by atoms with van der Waals surface area (Å²) < 4.78 is 56.6. The molecule has 1 fully saturated rings. The van der Waals surface area contributed by atoms with Gasteiger partial charge in [0, 0.05) is 30.0 Å². The number of hydrogen-bond donors (Lipinski definition) is 1. The molecule has 0 radical (unpaired) electrons. The number of nitrogens with two attached hydrogens (primary N) is 1. The number of rotatable bonds is 9. The summed E-state index contributed by atoms with van der Waals surface area (Å²) in [7, 11) is -7.69. The summed E-state index contributed by atoms with van der Waals surface area (Å²) in [5, 5.41) is 5.61. The lowest BCUT2D eigenvalue weighted by Gasteiger charge is -2.37. The van der Waals surface area contributed by atoms with Crippen LogP contribution in [0.1, 0.15) is 98.2 Å². The van der Waals surface area contributed by atoms with E-state index in [9.17, 15) is 16.8 Å². The molecule has 1 aromatic carbocycles. The van der Waals surface area contributed by atoms with Crippen LogP contribution in [0.2, 0.25) is 0 Å². The molecule has 0 bridgehead atoms. The second kappa shape index (κ2) is 11.1. The van der Waals surface area contributed by atoms with Gasteiger partial charge in [-0.3, -0.25) is 0 Å². The van der Waals surface area contributed by atoms with Gasteiger partial charge in [0.05, 0.1) is 4.90 Å². The first-order valence-electron chi connectivity index (χ1n) is 13.9. The Morgan fingerprint density at radius 1 is 0.947 bits per heavy atom. The second-order valence-electron chi connectivity index (χ2n) is 12.4. The Morgan fingerprint density at radius 3 is 2.05 bits per heavy atom. The average molecular weight is 566 g/mol. The van der Waals surface area contributed by atoms with E-state index in [1.165, 1.54) is 19.3 Å². The fraction of sp³-hybridized carbons (Fsp3) is 0.655. The first kappa shape index (κ1) is 30.9. The minimum atomic E-state index is -3.91. The summed E-state index contributed by atoms with van der Waals surface area (Å²) >= 11 is 0. The highest BCUT2D eigenvalue weighted by atomic mass is 32.2. The van der Waals surface area contributed by atoms with Gasteiger partial charge in [-0.1, -0.05) is 59.9 Å². The number of primary sulfonamides is 1. The Labute approximate surface area is 230 Å². The van der Waals surface area contributed by atoms with Crippen LogP contribution in [0.15, 0.2) is 34.1 Å². The maximum absolute atomic E-state index is 14.0. The lowest BCUT2D eigenvalue weighted by molar-refractivity contribution is 0.228. The van der Waals surface area contributed by atoms with E-state index in [1.54, 1.807) is 16.4 Å². The van der Waals surface area contributed by atoms with E-state index in [0.717, 1.165) is 30.6 Å². The van der Waals surface area contributed by atoms with E-state index in [4.69, 9.17) is 5.14 Å². The molecule has 2 N–H and O–H groups in total. The molecule has 0 aliphatic heterocycles. The third-order valence-corrected chi connectivity index (χ3v) is 11.5. The van der Waals surface area contributed by atoms with Gasteiger partial charge in [0.2, 0.25) is 20.0 Å². The standard InChI is InChI=1S/C29H47N3O4S2/c1-9-29(7,8)32(10-2)38(35,36)26-17-16-23(18-24(26)28(4,5)6)25-19-27(37(30,33)34)21(3)31(25)20-22-14-12-11-13-15-22/h16-19,22H,9-15,20H2,1-8H3,(H2,30,33,34). The van der Waals surface area contributed by atoms with Crippen molar-refractivity contribution in [3.05, 3.63) is 35.5 Å². The minimum absolute atomic E-state index is 0.124. The molecule has 214 valence electrons. The van der Waals surface area contributed by atoms with Gasteiger partial charge in [0.25, 0.3) is 0 Å². The molecular formula is C29H47N3O4S2. The summed E-state index contributed by atoms with van der Waals surface area (Å²) in [6.45, 7) is 16.7. The lowest BCUT2D eigenvalue weighted by atomic mass is 9.85. The fourth-order valence-electron chi connectivity index (χ4n) is 5.73. The molecule has 0 atom stereocenters. The zero-order valence-electron chi connectivity index (χ0n) is 24.5. The fourth-order valence-corrected chi connectivity index (χ4v) is 8.77. The average Bonchev–Trinajstić information content (AvgIpc) is 3.15. The summed E-state index contributed by atoms with van der Waals surface area (Å²) in [6.07, 6.45) is 6.53. The topological polar surface area (TPSA) is 102 Å². The van der Waals surface area contributed by atoms with Gasteiger partial charge in [-0.25, -0.2) is 22.0 Å². The van der Waals surface area contributed by atoms with Crippen LogP contribution in [-0.2, 0) is 32.0 Å². The number of hydrogen-bond acceptors (Lipinski definition) is 4. The van der Waals surface area contributed by atoms with Crippen molar-refractivity contribution >= 4 is 20.0 Å². The predicted molar refractivity (Wildman–Crippen MR) is 155 cm³/mol. The Hall–Kier alpha value is -1.68. The predicted octanol–water partition coefficient (Wildman–Crippen LogP) is 6.19. The molecule has 2 aromatic rings. The molecule has 0 amide bonds. The van der Waals surface area contributed by atoms with Crippen LogP contribution in [0.3, 0.4) is 0 Å². The number of benzene rings is 1. The van der Waals surface area contributed by atoms with Gasteiger partial charge in [0.1, 0.15) is 4.90 Å². The molecule has 7 nitrogen and oxygen atoms in total. The van der Waals surface area contributed by atoms with Crippen molar-refractivity contribution in [1.82, 2.24) is 8.87 Å². The van der Waals surface area contributed by atoms with Crippen molar-refractivity contribution in [2.45, 2.75) is 121 Å². The molecule has 38 heavy (non-hydrogen) atoms. The van der Waals surface area contributed by atoms with Gasteiger partial charge in [-0.15, -0.1) is 0 Å². The number of nitrogens with zero attached hydrogens (tertiary/aromatic N) is 2. The third-order valence-electron chi connectivity index (χ3n) is 8.27. The van der Waals surface area contributed by atoms with E-state index < -0.39 is 31.0 Å². The van der Waals surface area contributed by atoms with Gasteiger partial charge in [-0.05, 0) is 80.7 Å². The lowest BCUT2D eigenvalue weighted by Crippen LogP contribution is -2.47. The van der Waals surface area contributed by atoms with Crippen molar-refractivity contribution < 1.29 is 16.8 Å². The summed E-state index contributed by atoms with van der Waals surface area (Å²) in [6, 6.07) is 7.10. The maximum atomic E-state index is 14.0. The van der Waals surface area contributed by atoms with Crippen LogP contribution < -0.4 is 5.14 Å². The monoisotopic (exact) mass is 565 g/mol. The van der Waals surface area contributed by atoms with Crippen molar-refractivity contribution in [2.75, 3.05) is 6.54 Å². The van der Waals surface area contributed by atoms with Gasteiger partial charge < -0.3 is 4.57 Å². The van der Waals surface area contributed by atoms with Crippen molar-refractivity contribution in [1.29, 1.82) is 0 Å². The smallest absolute Gasteiger partial charge is 0.243 e. The van der Waals surface area contributed by atoms with Crippen LogP contribution in [0, 0.1) is 12.8 Å². The number of sulfonamides is 2. The first-order valence-corrected chi connectivity index (χ1v) is 16.8. The molecule has 1 aliphatic carbocycles. The molecular weight excluding hydrogens is 518 g/mol. The van der Waals surface area contributed by atoms with E-state index in [2.05, 4.69) is 4.57 Å². The summed E-state index contributed by atoms with van der Waals surface area (Å²) in [5.41, 5.74) is 1.89. The van der Waals surface area contributed by atoms with Crippen molar-refractivity contribution in [2.24, 2.45) is 11.1 Å². The SMILES string of the molecule is CCN(C(C)(C)CC)S(=O)(=O)c1ccc(-c2cc(S(N)(=O)=O)c(C)n2CC2CCCCC2)cc1C(C)(C)C. The zero-order valence-corrected chi connectivity index (χ0v) is 26.1. The Kier molecular flexibility index (Phi) is 8.98. The van der Waals surface area contributed by atoms with Crippen LogP contribution in [0.5, 0.6) is 0 Å². The van der Waals surface area contributed by atoms with Crippen molar-refractivity contribution in [3.8, 4) is 11.3 Å². The van der Waals surface area contributed by atoms with Gasteiger partial charge in [0.15, 0.2) is 0 Å². The molecule has 1 saturated carbocycles. The molecule has 0 spiro atoms. The van der Waals surface area contributed by atoms with Gasteiger partial charge in [-0.2, -0.15) is 4.31 Å². The molecule has 1 heterocycles. The van der Waals surface area contributed by atoms with E-state index in [-0.39, 0.29) is 4.90 Å². The van der Waals surface area contributed by atoms with E-state index >= 15 is 0 Å². The second-order valence-corrected chi connectivity index (χ2v) is 15.8. The maximum Gasteiger partial charge on any atom is 0.243 e. The molecule has 9 heteroatoms. The normalized spacial score (nSPS) is 16.4. The third kappa shape index (κ3) is 6.21. The highest BCUT2D eigenvalue weighted by molar-refractivity contribution is 7.89. The first-order chi connectivity index (χ1) is 17.4. The van der Waals surface area contributed by atoms with Crippen LogP contribution in [0.25, 0.3) is 11.3 Å². The van der Waals surface area contributed by atoms with Crippen LogP contribution in [-0.4, -0.2) is 37.8 Å². The summed E-state index contributed by atoms with van der Waals surface area (Å²) in [4.78, 5) is 0.421. The molecule has 3 rings (SSSR count). The minimum Gasteiger partial charge on any atom is -0.343 e.